The Morgan fingerprint density at radius 3 is 1.18 bits per heavy atom. The fourth-order valence-electron chi connectivity index (χ4n) is 6.46. The van der Waals surface area contributed by atoms with E-state index in [1.807, 2.05) is 60.7 Å². The van der Waals surface area contributed by atoms with Crippen molar-refractivity contribution in [3.63, 3.8) is 0 Å². The second kappa shape index (κ2) is 20.9. The van der Waals surface area contributed by atoms with E-state index in [4.69, 9.17) is 41.3 Å². The smallest absolute Gasteiger partial charge is 0.339 e. The Kier molecular flexibility index (Phi) is 14.7. The highest BCUT2D eigenvalue weighted by atomic mass is 16.6. The lowest BCUT2D eigenvalue weighted by atomic mass is 9.93. The number of ether oxygens (including phenoxy) is 6. The lowest BCUT2D eigenvalue weighted by molar-refractivity contribution is 0.0125. The molecule has 308 valence electrons. The van der Waals surface area contributed by atoms with Gasteiger partial charge in [-0.1, -0.05) is 96.8 Å². The van der Waals surface area contributed by atoms with Crippen molar-refractivity contribution in [3.8, 4) is 36.2 Å². The number of carbonyl (C=O) groups is 4. The quantitative estimate of drug-likeness (QED) is 0.0562. The fourth-order valence-corrected chi connectivity index (χ4v) is 6.46. The van der Waals surface area contributed by atoms with Crippen LogP contribution in [0, 0.1) is 24.7 Å². The maximum absolute atomic E-state index is 13.0. The summed E-state index contributed by atoms with van der Waals surface area (Å²) in [5, 5.41) is 25.4. The van der Waals surface area contributed by atoms with Gasteiger partial charge >= 0.3 is 23.9 Å². The summed E-state index contributed by atoms with van der Waals surface area (Å²) in [7, 11) is 0. The van der Waals surface area contributed by atoms with Gasteiger partial charge in [0, 0.05) is 17.5 Å². The SMILES string of the molecule is C#CCOC(=O)c1ccccc1C(=O)OCC(O)COc1ccc2ccccc2c1Cc1c(OCC(O)COC(=O)c2ccccc2C(=O)OCC#C)ccc2ccccc12. The molecule has 0 radical (unpaired) electrons. The Morgan fingerprint density at radius 1 is 0.459 bits per heavy atom. The molecule has 2 atom stereocenters. The number of fused-ring (bicyclic) bond motifs is 2. The average molecular weight is 821 g/mol. The van der Waals surface area contributed by atoms with Crippen LogP contribution in [0.4, 0.5) is 0 Å². The van der Waals surface area contributed by atoms with Crippen molar-refractivity contribution in [2.75, 3.05) is 39.6 Å². The Morgan fingerprint density at radius 2 is 0.803 bits per heavy atom. The lowest BCUT2D eigenvalue weighted by Crippen LogP contribution is -2.26. The first-order valence-corrected chi connectivity index (χ1v) is 19.0. The topological polar surface area (TPSA) is 164 Å². The average Bonchev–Trinajstić information content (AvgIpc) is 3.30. The summed E-state index contributed by atoms with van der Waals surface area (Å²) >= 11 is 0. The molecule has 2 unspecified atom stereocenters. The van der Waals surface area contributed by atoms with Gasteiger partial charge in [-0.25, -0.2) is 19.2 Å². The van der Waals surface area contributed by atoms with E-state index in [2.05, 4.69) is 11.8 Å². The first kappa shape index (κ1) is 43.0. The number of terminal acetylenes is 2. The summed E-state index contributed by atoms with van der Waals surface area (Å²) in [4.78, 5) is 50.8. The van der Waals surface area contributed by atoms with Gasteiger partial charge in [-0.3, -0.25) is 0 Å². The standard InChI is InChI=1S/C49H40O12/c1-3-25-56-46(52)38-17-9-11-19-40(38)48(54)60-30-34(50)28-58-44-23-21-32-13-5-7-15-36(32)42(44)27-43-37-16-8-6-14-33(37)22-24-45(43)59-29-35(51)31-61-49(55)41-20-12-10-18-39(41)47(53)57-26-4-2/h1-2,5-24,34-35,50-51H,25-31H2. The van der Waals surface area contributed by atoms with Crippen LogP contribution in [0.5, 0.6) is 11.5 Å². The maximum Gasteiger partial charge on any atom is 0.339 e. The summed E-state index contributed by atoms with van der Waals surface area (Å²) in [5.41, 5.74) is 1.41. The van der Waals surface area contributed by atoms with E-state index >= 15 is 0 Å². The number of esters is 4. The number of hydrogen-bond donors (Lipinski definition) is 2. The minimum Gasteiger partial charge on any atom is -0.490 e. The van der Waals surface area contributed by atoms with Gasteiger partial charge in [0.15, 0.2) is 13.2 Å². The van der Waals surface area contributed by atoms with Crippen molar-refractivity contribution in [1.82, 2.24) is 0 Å². The third kappa shape index (κ3) is 10.9. The summed E-state index contributed by atoms with van der Waals surface area (Å²) in [6.07, 6.45) is 8.17. The zero-order chi connectivity index (χ0) is 43.1. The van der Waals surface area contributed by atoms with Crippen LogP contribution in [-0.2, 0) is 25.4 Å². The highest BCUT2D eigenvalue weighted by Gasteiger charge is 2.23. The van der Waals surface area contributed by atoms with Crippen molar-refractivity contribution in [1.29, 1.82) is 0 Å². The van der Waals surface area contributed by atoms with E-state index < -0.39 is 49.3 Å². The molecule has 0 aliphatic heterocycles. The van der Waals surface area contributed by atoms with Gasteiger partial charge in [0.25, 0.3) is 0 Å². The summed E-state index contributed by atoms with van der Waals surface area (Å²) in [6, 6.07) is 34.8. The molecule has 0 fully saturated rings. The molecule has 0 heterocycles. The molecule has 12 heteroatoms. The Labute approximate surface area is 351 Å². The van der Waals surface area contributed by atoms with Crippen molar-refractivity contribution in [2.45, 2.75) is 18.6 Å². The van der Waals surface area contributed by atoms with E-state index in [1.54, 1.807) is 36.4 Å². The van der Waals surface area contributed by atoms with Gasteiger partial charge in [-0.2, -0.15) is 0 Å². The van der Waals surface area contributed by atoms with Gasteiger partial charge in [0.2, 0.25) is 0 Å². The third-order valence-corrected chi connectivity index (χ3v) is 9.33. The zero-order valence-corrected chi connectivity index (χ0v) is 32.8. The highest BCUT2D eigenvalue weighted by molar-refractivity contribution is 6.04. The van der Waals surface area contributed by atoms with Crippen LogP contribution in [0.25, 0.3) is 21.5 Å². The molecule has 0 bridgehead atoms. The van der Waals surface area contributed by atoms with E-state index in [9.17, 15) is 29.4 Å². The van der Waals surface area contributed by atoms with E-state index in [-0.39, 0.29) is 48.7 Å². The van der Waals surface area contributed by atoms with Gasteiger partial charge < -0.3 is 38.6 Å². The second-order valence-corrected chi connectivity index (χ2v) is 13.5. The van der Waals surface area contributed by atoms with Gasteiger partial charge in [-0.15, -0.1) is 12.8 Å². The van der Waals surface area contributed by atoms with Gasteiger partial charge in [0.05, 0.1) is 22.3 Å². The number of benzene rings is 6. The van der Waals surface area contributed by atoms with Crippen molar-refractivity contribution in [2.24, 2.45) is 0 Å². The molecule has 0 aliphatic rings. The number of aliphatic hydroxyl groups is 2. The maximum atomic E-state index is 13.0. The van der Waals surface area contributed by atoms with E-state index in [1.165, 1.54) is 24.3 Å². The minimum absolute atomic E-state index is 0.0246. The fraction of sp³-hybridized carbons (Fsp3) is 0.184. The molecular formula is C49H40O12. The number of hydrogen-bond acceptors (Lipinski definition) is 12. The summed E-state index contributed by atoms with van der Waals surface area (Å²) in [6.45, 7) is -1.88. The van der Waals surface area contributed by atoms with E-state index in [0.717, 1.165) is 32.7 Å². The van der Waals surface area contributed by atoms with Crippen LogP contribution in [0.2, 0.25) is 0 Å². The first-order valence-electron chi connectivity index (χ1n) is 19.0. The molecule has 0 aromatic heterocycles. The number of carbonyl (C=O) groups excluding carboxylic acids is 4. The van der Waals surface area contributed by atoms with E-state index in [0.29, 0.717) is 17.9 Å². The van der Waals surface area contributed by atoms with Crippen molar-refractivity contribution < 1.29 is 57.8 Å². The lowest BCUT2D eigenvalue weighted by Gasteiger charge is -2.20. The second-order valence-electron chi connectivity index (χ2n) is 13.5. The van der Waals surface area contributed by atoms with Crippen molar-refractivity contribution in [3.05, 3.63) is 155 Å². The minimum atomic E-state index is -1.24. The Bertz CT molecular complexity index is 2450. The molecule has 2 N–H and O–H groups in total. The van der Waals surface area contributed by atoms with Crippen LogP contribution in [0.15, 0.2) is 121 Å². The molecular weight excluding hydrogens is 781 g/mol. The third-order valence-electron chi connectivity index (χ3n) is 9.33. The molecule has 6 rings (SSSR count). The predicted molar refractivity (Wildman–Crippen MR) is 225 cm³/mol. The van der Waals surface area contributed by atoms with Crippen molar-refractivity contribution >= 4 is 45.4 Å². The number of rotatable bonds is 18. The summed E-state index contributed by atoms with van der Waals surface area (Å²) < 4.78 is 33.1. The highest BCUT2D eigenvalue weighted by Crippen LogP contribution is 2.36. The molecule has 0 aliphatic carbocycles. The van der Waals surface area contributed by atoms with Crippen LogP contribution in [-0.4, -0.2) is 85.9 Å². The molecule has 6 aromatic carbocycles. The Balaban J connectivity index is 1.16. The van der Waals surface area contributed by atoms with Crippen LogP contribution in [0.3, 0.4) is 0 Å². The largest absolute Gasteiger partial charge is 0.490 e. The normalized spacial score (nSPS) is 11.7. The van der Waals surface area contributed by atoms with Crippen LogP contribution in [0.1, 0.15) is 52.6 Å². The molecule has 0 amide bonds. The monoisotopic (exact) mass is 820 g/mol. The van der Waals surface area contributed by atoms with Crippen LogP contribution < -0.4 is 9.47 Å². The van der Waals surface area contributed by atoms with Crippen LogP contribution >= 0.6 is 0 Å². The molecule has 6 aromatic rings. The molecule has 12 nitrogen and oxygen atoms in total. The molecule has 0 saturated carbocycles. The predicted octanol–water partition coefficient (Wildman–Crippen LogP) is 6.36. The first-order chi connectivity index (χ1) is 29.7. The summed E-state index contributed by atoms with van der Waals surface area (Å²) in [5.74, 6) is 2.08. The molecule has 61 heavy (non-hydrogen) atoms. The van der Waals surface area contributed by atoms with Gasteiger partial charge in [-0.05, 0) is 57.9 Å². The molecule has 0 saturated heterocycles. The Hall–Kier alpha value is -7.64. The molecule has 0 spiro atoms. The van der Waals surface area contributed by atoms with Gasteiger partial charge in [0.1, 0.15) is 50.1 Å². The number of aliphatic hydroxyl groups excluding tert-OH is 2. The zero-order valence-electron chi connectivity index (χ0n) is 32.8.